The highest BCUT2D eigenvalue weighted by Gasteiger charge is 2.13. The lowest BCUT2D eigenvalue weighted by molar-refractivity contribution is 0.296. The van der Waals surface area contributed by atoms with Crippen molar-refractivity contribution in [1.29, 1.82) is 0 Å². The van der Waals surface area contributed by atoms with Crippen LogP contribution in [0.1, 0.15) is 53.9 Å². The second-order valence-corrected chi connectivity index (χ2v) is 5.34. The molecule has 0 aliphatic rings. The van der Waals surface area contributed by atoms with Gasteiger partial charge in [-0.3, -0.25) is 0 Å². The van der Waals surface area contributed by atoms with Crippen molar-refractivity contribution in [3.63, 3.8) is 0 Å². The number of unbranched alkanes of at least 4 members (excludes halogenated alkanes) is 1. The molecule has 0 aromatic rings. The van der Waals surface area contributed by atoms with Crippen LogP contribution in [0, 0.1) is 5.41 Å². The van der Waals surface area contributed by atoms with Gasteiger partial charge in [-0.05, 0) is 44.3 Å². The smallest absolute Gasteiger partial charge is 0.00189 e. The van der Waals surface area contributed by atoms with E-state index in [1.807, 2.05) is 0 Å². The topological polar surface area (TPSA) is 3.24 Å². The first-order chi connectivity index (χ1) is 6.91. The van der Waals surface area contributed by atoms with E-state index in [4.69, 9.17) is 0 Å². The highest BCUT2D eigenvalue weighted by molar-refractivity contribution is 5.04. The molecule has 0 atom stereocenters. The molecule has 90 valence electrons. The summed E-state index contributed by atoms with van der Waals surface area (Å²) in [5, 5.41) is 0. The largest absolute Gasteiger partial charge is 0.304 e. The van der Waals surface area contributed by atoms with Crippen LogP contribution in [0.25, 0.3) is 0 Å². The van der Waals surface area contributed by atoms with Crippen LogP contribution in [0.3, 0.4) is 0 Å². The molecular formula is C14H29N. The third kappa shape index (κ3) is 6.72. The van der Waals surface area contributed by atoms with Gasteiger partial charge < -0.3 is 4.90 Å². The van der Waals surface area contributed by atoms with Crippen molar-refractivity contribution in [2.45, 2.75) is 53.9 Å². The van der Waals surface area contributed by atoms with E-state index in [0.29, 0.717) is 0 Å². The van der Waals surface area contributed by atoms with Gasteiger partial charge in [0.2, 0.25) is 0 Å². The Bertz CT molecular complexity index is 172. The highest BCUT2D eigenvalue weighted by atomic mass is 15.1. The number of hydrogen-bond acceptors (Lipinski definition) is 1. The fraction of sp³-hybridized carbons (Fsp3) is 0.857. The van der Waals surface area contributed by atoms with Crippen molar-refractivity contribution < 1.29 is 0 Å². The molecule has 0 aliphatic heterocycles. The summed E-state index contributed by atoms with van der Waals surface area (Å²) in [6.45, 7) is 19.0. The molecule has 0 saturated heterocycles. The Morgan fingerprint density at radius 2 is 1.60 bits per heavy atom. The molecule has 0 amide bonds. The first kappa shape index (κ1) is 14.7. The van der Waals surface area contributed by atoms with Gasteiger partial charge in [0.05, 0.1) is 0 Å². The van der Waals surface area contributed by atoms with Crippen LogP contribution in [0.4, 0.5) is 0 Å². The summed E-state index contributed by atoms with van der Waals surface area (Å²) in [6, 6.07) is 0. The van der Waals surface area contributed by atoms with Gasteiger partial charge in [0.15, 0.2) is 0 Å². The van der Waals surface area contributed by atoms with E-state index >= 15 is 0 Å². The molecule has 0 unspecified atom stereocenters. The first-order valence-corrected chi connectivity index (χ1v) is 6.32. The fourth-order valence-electron chi connectivity index (χ4n) is 1.59. The van der Waals surface area contributed by atoms with E-state index < -0.39 is 0 Å². The molecule has 0 aromatic carbocycles. The van der Waals surface area contributed by atoms with Gasteiger partial charge in [0.1, 0.15) is 0 Å². The molecule has 0 heterocycles. The Hall–Kier alpha value is -0.300. The summed E-state index contributed by atoms with van der Waals surface area (Å²) in [6.07, 6.45) is 3.77. The molecule has 0 aliphatic carbocycles. The summed E-state index contributed by atoms with van der Waals surface area (Å²) < 4.78 is 0. The van der Waals surface area contributed by atoms with E-state index in [0.717, 1.165) is 0 Å². The van der Waals surface area contributed by atoms with Gasteiger partial charge in [-0.15, -0.1) is 0 Å². The molecule has 0 bridgehead atoms. The van der Waals surface area contributed by atoms with Crippen LogP contribution in [-0.4, -0.2) is 24.5 Å². The molecule has 15 heavy (non-hydrogen) atoms. The summed E-state index contributed by atoms with van der Waals surface area (Å²) in [5.74, 6) is 0. The molecule has 1 heteroatoms. The van der Waals surface area contributed by atoms with Crippen molar-refractivity contribution in [2.75, 3.05) is 19.6 Å². The monoisotopic (exact) mass is 211 g/mol. The zero-order valence-corrected chi connectivity index (χ0v) is 11.4. The molecule has 0 N–H and O–H groups in total. The Labute approximate surface area is 96.6 Å². The number of hydrogen-bond donors (Lipinski definition) is 0. The van der Waals surface area contributed by atoms with Gasteiger partial charge in [0, 0.05) is 0 Å². The van der Waals surface area contributed by atoms with E-state index in [-0.39, 0.29) is 5.41 Å². The van der Waals surface area contributed by atoms with Crippen LogP contribution in [0.15, 0.2) is 12.2 Å². The Balaban J connectivity index is 3.59. The molecular weight excluding hydrogens is 182 g/mol. The maximum atomic E-state index is 4.17. The first-order valence-electron chi connectivity index (χ1n) is 6.32. The van der Waals surface area contributed by atoms with E-state index in [2.05, 4.69) is 46.1 Å². The average molecular weight is 211 g/mol. The third-order valence-electron chi connectivity index (χ3n) is 3.16. The molecule has 1 nitrogen and oxygen atoms in total. The number of rotatable bonds is 7. The van der Waals surface area contributed by atoms with Crippen molar-refractivity contribution >= 4 is 0 Å². The predicted octanol–water partition coefficient (Wildman–Crippen LogP) is 4.10. The minimum Gasteiger partial charge on any atom is -0.304 e. The zero-order valence-electron chi connectivity index (χ0n) is 11.4. The highest BCUT2D eigenvalue weighted by Crippen LogP contribution is 2.27. The van der Waals surface area contributed by atoms with Crippen molar-refractivity contribution in [2.24, 2.45) is 5.41 Å². The van der Waals surface area contributed by atoms with Crippen LogP contribution in [0.2, 0.25) is 0 Å². The standard InChI is InChI=1S/C14H29N/c1-7-15(8-2)12-10-9-11-13(3)14(4,5)6/h3,7-12H2,1-2,4-6H3. The van der Waals surface area contributed by atoms with Gasteiger partial charge in [-0.1, -0.05) is 46.8 Å². The summed E-state index contributed by atoms with van der Waals surface area (Å²) in [5.41, 5.74) is 1.68. The lowest BCUT2D eigenvalue weighted by Gasteiger charge is -2.22. The van der Waals surface area contributed by atoms with Crippen LogP contribution >= 0.6 is 0 Å². The van der Waals surface area contributed by atoms with Gasteiger partial charge in [-0.2, -0.15) is 0 Å². The van der Waals surface area contributed by atoms with Gasteiger partial charge in [0.25, 0.3) is 0 Å². The van der Waals surface area contributed by atoms with Crippen LogP contribution in [-0.2, 0) is 0 Å². The maximum absolute atomic E-state index is 4.17. The molecule has 0 saturated carbocycles. The maximum Gasteiger partial charge on any atom is -0.00189 e. The molecule has 0 fully saturated rings. The molecule has 0 aromatic heterocycles. The summed E-state index contributed by atoms with van der Waals surface area (Å²) in [4.78, 5) is 2.49. The summed E-state index contributed by atoms with van der Waals surface area (Å²) >= 11 is 0. The van der Waals surface area contributed by atoms with Gasteiger partial charge in [-0.25, -0.2) is 0 Å². The quantitative estimate of drug-likeness (QED) is 0.452. The minimum absolute atomic E-state index is 0.287. The number of nitrogens with zero attached hydrogens (tertiary/aromatic N) is 1. The second kappa shape index (κ2) is 7.05. The van der Waals surface area contributed by atoms with Gasteiger partial charge >= 0.3 is 0 Å². The number of allylic oxidation sites excluding steroid dienone is 1. The predicted molar refractivity (Wildman–Crippen MR) is 70.2 cm³/mol. The van der Waals surface area contributed by atoms with E-state index in [9.17, 15) is 0 Å². The van der Waals surface area contributed by atoms with Crippen LogP contribution in [0.5, 0.6) is 0 Å². The SMILES string of the molecule is C=C(CCCCN(CC)CC)C(C)(C)C. The van der Waals surface area contributed by atoms with Crippen molar-refractivity contribution in [3.8, 4) is 0 Å². The second-order valence-electron chi connectivity index (χ2n) is 5.34. The average Bonchev–Trinajstić information content (AvgIpc) is 2.16. The normalized spacial score (nSPS) is 12.1. The lowest BCUT2D eigenvalue weighted by atomic mass is 9.85. The molecule has 0 rings (SSSR count). The van der Waals surface area contributed by atoms with Crippen molar-refractivity contribution in [3.05, 3.63) is 12.2 Å². The van der Waals surface area contributed by atoms with Crippen LogP contribution < -0.4 is 0 Å². The third-order valence-corrected chi connectivity index (χ3v) is 3.16. The zero-order chi connectivity index (χ0) is 11.9. The summed E-state index contributed by atoms with van der Waals surface area (Å²) in [7, 11) is 0. The van der Waals surface area contributed by atoms with E-state index in [1.54, 1.807) is 0 Å². The van der Waals surface area contributed by atoms with E-state index in [1.165, 1.54) is 44.5 Å². The van der Waals surface area contributed by atoms with Crippen molar-refractivity contribution in [1.82, 2.24) is 4.90 Å². The lowest BCUT2D eigenvalue weighted by Crippen LogP contribution is -2.24. The Kier molecular flexibility index (Phi) is 6.91. The Morgan fingerprint density at radius 3 is 2.00 bits per heavy atom. The fourth-order valence-corrected chi connectivity index (χ4v) is 1.59. The minimum atomic E-state index is 0.287. The molecule has 0 spiro atoms. The Morgan fingerprint density at radius 1 is 1.07 bits per heavy atom. The molecule has 0 radical (unpaired) electrons.